The number of hydrogen-bond donors (Lipinski definition) is 1. The zero-order chi connectivity index (χ0) is 9.02. The van der Waals surface area contributed by atoms with E-state index in [9.17, 15) is 4.79 Å². The number of Topliss-reactive ketones (excluding diaryl/α,β-unsaturated/α-hetero) is 1. The number of hydrogen-bond acceptors (Lipinski definition) is 3. The van der Waals surface area contributed by atoms with Crippen LogP contribution in [0.15, 0.2) is 0 Å². The Morgan fingerprint density at radius 3 is 2.09 bits per heavy atom. The normalized spacial score (nSPS) is 19.0. The van der Waals surface area contributed by atoms with Gasteiger partial charge in [0.25, 0.3) is 0 Å². The topological polar surface area (TPSA) is 37.3 Å². The fourth-order valence-corrected chi connectivity index (χ4v) is 1.59. The van der Waals surface area contributed by atoms with Crippen molar-refractivity contribution in [3.8, 4) is 0 Å². The number of aliphatic hydroxyl groups excluding tert-OH is 1. The van der Waals surface area contributed by atoms with Crippen LogP contribution in [-0.2, 0) is 4.79 Å². The van der Waals surface area contributed by atoms with Gasteiger partial charge >= 0.3 is 0 Å². The van der Waals surface area contributed by atoms with Crippen LogP contribution in [0.25, 0.3) is 0 Å². The van der Waals surface area contributed by atoms with Gasteiger partial charge in [-0.2, -0.15) is 0 Å². The van der Waals surface area contributed by atoms with Gasteiger partial charge in [-0.05, 0) is 20.8 Å². The third-order valence-corrected chi connectivity index (χ3v) is 3.23. The molecule has 3 heteroatoms. The van der Waals surface area contributed by atoms with Gasteiger partial charge < -0.3 is 5.11 Å². The Hall–Kier alpha value is -0.0200. The van der Waals surface area contributed by atoms with Gasteiger partial charge in [0.1, 0.15) is 5.78 Å². The van der Waals surface area contributed by atoms with E-state index in [-0.39, 0.29) is 22.4 Å². The number of rotatable bonds is 4. The summed E-state index contributed by atoms with van der Waals surface area (Å²) in [6.07, 6.45) is -0.346. The van der Waals surface area contributed by atoms with Crippen molar-refractivity contribution in [1.82, 2.24) is 0 Å². The van der Waals surface area contributed by atoms with Crippen molar-refractivity contribution >= 4 is 17.5 Å². The lowest BCUT2D eigenvalue weighted by atomic mass is 10.3. The molecule has 0 aliphatic rings. The molecule has 3 atom stereocenters. The Morgan fingerprint density at radius 1 is 1.36 bits per heavy atom. The van der Waals surface area contributed by atoms with Crippen LogP contribution in [0, 0.1) is 0 Å². The maximum atomic E-state index is 10.8. The van der Waals surface area contributed by atoms with Crippen LogP contribution in [-0.4, -0.2) is 27.5 Å². The van der Waals surface area contributed by atoms with E-state index >= 15 is 0 Å². The molecule has 0 aromatic carbocycles. The maximum Gasteiger partial charge on any atom is 0.142 e. The van der Waals surface area contributed by atoms with Crippen LogP contribution in [0.4, 0.5) is 0 Å². The first-order valence-corrected chi connectivity index (χ1v) is 4.73. The quantitative estimate of drug-likeness (QED) is 0.704. The molecule has 0 fully saturated rings. The summed E-state index contributed by atoms with van der Waals surface area (Å²) in [5.74, 6) is 0.169. The Labute approximate surface area is 72.4 Å². The highest BCUT2D eigenvalue weighted by Gasteiger charge is 2.16. The minimum absolute atomic E-state index is 0.000370. The average Bonchev–Trinajstić information content (AvgIpc) is 1.87. The lowest BCUT2D eigenvalue weighted by Gasteiger charge is -2.17. The fraction of sp³-hybridized carbons (Fsp3) is 0.875. The second-order valence-electron chi connectivity index (χ2n) is 2.83. The maximum absolute atomic E-state index is 10.8. The predicted molar refractivity (Wildman–Crippen MR) is 48.9 cm³/mol. The van der Waals surface area contributed by atoms with Gasteiger partial charge in [0.05, 0.1) is 11.4 Å². The van der Waals surface area contributed by atoms with E-state index in [1.165, 1.54) is 11.8 Å². The molecule has 0 aromatic rings. The first kappa shape index (κ1) is 11.0. The summed E-state index contributed by atoms with van der Waals surface area (Å²) < 4.78 is 0. The van der Waals surface area contributed by atoms with E-state index < -0.39 is 0 Å². The van der Waals surface area contributed by atoms with E-state index in [0.29, 0.717) is 0 Å². The molecule has 0 radical (unpaired) electrons. The highest BCUT2D eigenvalue weighted by molar-refractivity contribution is 8.01. The van der Waals surface area contributed by atoms with E-state index in [1.807, 2.05) is 13.8 Å². The minimum atomic E-state index is -0.346. The third-order valence-electron chi connectivity index (χ3n) is 1.67. The van der Waals surface area contributed by atoms with E-state index in [2.05, 4.69) is 0 Å². The lowest BCUT2D eigenvalue weighted by molar-refractivity contribution is -0.116. The van der Waals surface area contributed by atoms with Gasteiger partial charge in [-0.15, -0.1) is 11.8 Å². The minimum Gasteiger partial charge on any atom is -0.392 e. The molecule has 1 N–H and O–H groups in total. The molecule has 0 heterocycles. The van der Waals surface area contributed by atoms with E-state index in [4.69, 9.17) is 5.11 Å². The van der Waals surface area contributed by atoms with Crippen LogP contribution in [0.1, 0.15) is 27.7 Å². The van der Waals surface area contributed by atoms with E-state index in [0.717, 1.165) is 0 Å². The molecule has 11 heavy (non-hydrogen) atoms. The molecule has 0 rings (SSSR count). The van der Waals surface area contributed by atoms with Crippen molar-refractivity contribution in [1.29, 1.82) is 0 Å². The van der Waals surface area contributed by atoms with Crippen LogP contribution in [0.2, 0.25) is 0 Å². The van der Waals surface area contributed by atoms with Crippen LogP contribution in [0.3, 0.4) is 0 Å². The predicted octanol–water partition coefficient (Wildman–Crippen LogP) is 1.47. The summed E-state index contributed by atoms with van der Waals surface area (Å²) >= 11 is 1.52. The largest absolute Gasteiger partial charge is 0.392 e. The highest BCUT2D eigenvalue weighted by atomic mass is 32.2. The molecule has 0 saturated carbocycles. The number of thioether (sulfide) groups is 1. The summed E-state index contributed by atoms with van der Waals surface area (Å²) in [4.78, 5) is 10.8. The third kappa shape index (κ3) is 4.43. The number of ketones is 1. The fourth-order valence-electron chi connectivity index (χ4n) is 0.531. The van der Waals surface area contributed by atoms with Gasteiger partial charge in [-0.25, -0.2) is 0 Å². The molecular formula is C8H16O2S. The molecular weight excluding hydrogens is 160 g/mol. The van der Waals surface area contributed by atoms with Crippen molar-refractivity contribution in [2.45, 2.75) is 44.3 Å². The average molecular weight is 176 g/mol. The SMILES string of the molecule is CC(=O)C(C)SC(C)C(C)O. The molecule has 0 spiro atoms. The Balaban J connectivity index is 3.75. The van der Waals surface area contributed by atoms with Gasteiger partial charge in [0.15, 0.2) is 0 Å². The summed E-state index contributed by atoms with van der Waals surface area (Å²) in [6, 6.07) is 0. The molecule has 66 valence electrons. The number of carbonyl (C=O) groups excluding carboxylic acids is 1. The monoisotopic (exact) mass is 176 g/mol. The van der Waals surface area contributed by atoms with Crippen molar-refractivity contribution in [2.24, 2.45) is 0 Å². The lowest BCUT2D eigenvalue weighted by Crippen LogP contribution is -2.21. The molecule has 0 amide bonds. The van der Waals surface area contributed by atoms with E-state index in [1.54, 1.807) is 13.8 Å². The first-order valence-electron chi connectivity index (χ1n) is 3.79. The molecule has 0 aliphatic heterocycles. The number of carbonyl (C=O) groups is 1. The first-order chi connectivity index (χ1) is 4.95. The smallest absolute Gasteiger partial charge is 0.142 e. The second-order valence-corrected chi connectivity index (χ2v) is 4.56. The number of aliphatic hydroxyl groups is 1. The Bertz CT molecular complexity index is 134. The zero-order valence-corrected chi connectivity index (χ0v) is 8.31. The summed E-state index contributed by atoms with van der Waals surface area (Å²) in [6.45, 7) is 7.11. The zero-order valence-electron chi connectivity index (χ0n) is 7.50. The van der Waals surface area contributed by atoms with Crippen molar-refractivity contribution in [2.75, 3.05) is 0 Å². The van der Waals surface area contributed by atoms with Crippen LogP contribution in [0.5, 0.6) is 0 Å². The van der Waals surface area contributed by atoms with Crippen LogP contribution >= 0.6 is 11.8 Å². The summed E-state index contributed by atoms with van der Waals surface area (Å²) in [5.41, 5.74) is 0. The van der Waals surface area contributed by atoms with Crippen molar-refractivity contribution < 1.29 is 9.90 Å². The molecule has 0 aromatic heterocycles. The van der Waals surface area contributed by atoms with Gasteiger partial charge in [0.2, 0.25) is 0 Å². The molecule has 0 bridgehead atoms. The Morgan fingerprint density at radius 2 is 1.82 bits per heavy atom. The van der Waals surface area contributed by atoms with Crippen molar-refractivity contribution in [3.05, 3.63) is 0 Å². The molecule has 0 aliphatic carbocycles. The standard InChI is InChI=1S/C8H16O2S/c1-5(9)7(3)11-8(4)6(2)10/h5,7-9H,1-4H3. The van der Waals surface area contributed by atoms with Gasteiger partial charge in [-0.1, -0.05) is 6.92 Å². The summed E-state index contributed by atoms with van der Waals surface area (Å²) in [7, 11) is 0. The molecule has 2 nitrogen and oxygen atoms in total. The van der Waals surface area contributed by atoms with Gasteiger partial charge in [0, 0.05) is 5.25 Å². The molecule has 0 saturated heterocycles. The summed E-state index contributed by atoms with van der Waals surface area (Å²) in [5, 5.41) is 9.25. The highest BCUT2D eigenvalue weighted by Crippen LogP contribution is 2.20. The molecule has 3 unspecified atom stereocenters. The van der Waals surface area contributed by atoms with Gasteiger partial charge in [-0.3, -0.25) is 4.79 Å². The Kier molecular flexibility index (Phi) is 4.77. The van der Waals surface area contributed by atoms with Crippen molar-refractivity contribution in [3.63, 3.8) is 0 Å². The second kappa shape index (κ2) is 4.78. The van der Waals surface area contributed by atoms with Crippen LogP contribution < -0.4 is 0 Å².